The monoisotopic (exact) mass is 299 g/mol. The molecule has 0 bridgehead atoms. The average molecular weight is 299 g/mol. The van der Waals surface area contributed by atoms with Gasteiger partial charge in [0.1, 0.15) is 6.61 Å². The molecular weight excluding hydrogens is 278 g/mol. The first-order valence-corrected chi connectivity index (χ1v) is 8.75. The van der Waals surface area contributed by atoms with E-state index in [9.17, 15) is 8.42 Å². The van der Waals surface area contributed by atoms with Crippen molar-refractivity contribution in [1.82, 2.24) is 5.32 Å². The molecule has 6 heteroatoms. The number of hydrogen-bond acceptors (Lipinski definition) is 5. The van der Waals surface area contributed by atoms with Gasteiger partial charge in [-0.3, -0.25) is 0 Å². The summed E-state index contributed by atoms with van der Waals surface area (Å²) >= 11 is 0. The van der Waals surface area contributed by atoms with E-state index in [4.69, 9.17) is 9.47 Å². The van der Waals surface area contributed by atoms with Crippen LogP contribution in [0.3, 0.4) is 0 Å². The molecule has 0 spiro atoms. The van der Waals surface area contributed by atoms with E-state index in [0.717, 1.165) is 12.1 Å². The zero-order valence-corrected chi connectivity index (χ0v) is 12.7. The Balaban J connectivity index is 1.97. The van der Waals surface area contributed by atoms with E-state index in [0.29, 0.717) is 17.5 Å². The van der Waals surface area contributed by atoms with Crippen molar-refractivity contribution < 1.29 is 17.9 Å². The van der Waals surface area contributed by atoms with Crippen LogP contribution >= 0.6 is 0 Å². The summed E-state index contributed by atoms with van der Waals surface area (Å²) in [7, 11) is -1.45. The van der Waals surface area contributed by atoms with Crippen LogP contribution in [0.4, 0.5) is 0 Å². The molecule has 1 aromatic carbocycles. The molecule has 1 aromatic rings. The molecule has 0 atom stereocenters. The van der Waals surface area contributed by atoms with Crippen LogP contribution in [-0.2, 0) is 16.4 Å². The largest absolute Gasteiger partial charge is 0.493 e. The molecule has 0 aliphatic heterocycles. The van der Waals surface area contributed by atoms with Crippen molar-refractivity contribution in [3.63, 3.8) is 0 Å². The van der Waals surface area contributed by atoms with Crippen LogP contribution in [0, 0.1) is 0 Å². The minimum atomic E-state index is -3.02. The van der Waals surface area contributed by atoms with Gasteiger partial charge >= 0.3 is 0 Å². The molecule has 1 saturated carbocycles. The summed E-state index contributed by atoms with van der Waals surface area (Å²) in [6, 6.07) is 6.38. The van der Waals surface area contributed by atoms with Crippen molar-refractivity contribution in [2.45, 2.75) is 25.4 Å². The Labute approximate surface area is 120 Å². The Morgan fingerprint density at radius 3 is 2.65 bits per heavy atom. The summed E-state index contributed by atoms with van der Waals surface area (Å²) in [5.41, 5.74) is 1.10. The first-order chi connectivity index (χ1) is 9.48. The molecule has 0 aromatic heterocycles. The van der Waals surface area contributed by atoms with Gasteiger partial charge in [-0.05, 0) is 30.5 Å². The van der Waals surface area contributed by atoms with Gasteiger partial charge in [0.15, 0.2) is 21.3 Å². The number of methoxy groups -OCH3 is 1. The molecule has 0 heterocycles. The molecule has 0 unspecified atom stereocenters. The third-order valence-corrected chi connectivity index (χ3v) is 4.02. The Morgan fingerprint density at radius 2 is 2.05 bits per heavy atom. The lowest BCUT2D eigenvalue weighted by Gasteiger charge is -2.12. The summed E-state index contributed by atoms with van der Waals surface area (Å²) in [5.74, 6) is 1.21. The summed E-state index contributed by atoms with van der Waals surface area (Å²) in [6.45, 7) is 0.922. The molecule has 0 radical (unpaired) electrons. The van der Waals surface area contributed by atoms with E-state index < -0.39 is 9.84 Å². The topological polar surface area (TPSA) is 64.6 Å². The maximum atomic E-state index is 11.1. The van der Waals surface area contributed by atoms with Crippen molar-refractivity contribution in [2.24, 2.45) is 0 Å². The first kappa shape index (κ1) is 15.1. The fraction of sp³-hybridized carbons (Fsp3) is 0.571. The molecule has 1 fully saturated rings. The second-order valence-corrected chi connectivity index (χ2v) is 7.38. The molecule has 20 heavy (non-hydrogen) atoms. The molecule has 5 nitrogen and oxygen atoms in total. The summed E-state index contributed by atoms with van der Waals surface area (Å²) in [6.07, 6.45) is 3.69. The quantitative estimate of drug-likeness (QED) is 0.785. The number of ether oxygens (including phenoxy) is 2. The molecule has 112 valence electrons. The van der Waals surface area contributed by atoms with Gasteiger partial charge in [-0.25, -0.2) is 8.42 Å². The second kappa shape index (κ2) is 6.45. The highest BCUT2D eigenvalue weighted by Crippen LogP contribution is 2.28. The molecular formula is C14H21NO4S. The van der Waals surface area contributed by atoms with Crippen LogP contribution in [0.1, 0.15) is 18.4 Å². The highest BCUT2D eigenvalue weighted by atomic mass is 32.2. The normalized spacial score (nSPS) is 15.1. The maximum Gasteiger partial charge on any atom is 0.161 e. The van der Waals surface area contributed by atoms with Gasteiger partial charge in [-0.15, -0.1) is 0 Å². The molecule has 2 rings (SSSR count). The van der Waals surface area contributed by atoms with Crippen LogP contribution in [0.15, 0.2) is 18.2 Å². The summed E-state index contributed by atoms with van der Waals surface area (Å²) in [5, 5.41) is 3.43. The van der Waals surface area contributed by atoms with Crippen LogP contribution in [0.2, 0.25) is 0 Å². The van der Waals surface area contributed by atoms with Crippen LogP contribution in [0.5, 0.6) is 11.5 Å². The van der Waals surface area contributed by atoms with Crippen molar-refractivity contribution in [3.05, 3.63) is 23.8 Å². The summed E-state index contributed by atoms with van der Waals surface area (Å²) < 4.78 is 33.0. The lowest BCUT2D eigenvalue weighted by Crippen LogP contribution is -2.16. The van der Waals surface area contributed by atoms with Gasteiger partial charge in [-0.2, -0.15) is 0 Å². The van der Waals surface area contributed by atoms with Crippen LogP contribution < -0.4 is 14.8 Å². The number of benzene rings is 1. The van der Waals surface area contributed by atoms with Crippen molar-refractivity contribution in [2.75, 3.05) is 25.7 Å². The van der Waals surface area contributed by atoms with Crippen molar-refractivity contribution in [3.8, 4) is 11.5 Å². The highest BCUT2D eigenvalue weighted by Gasteiger charge is 2.20. The Kier molecular flexibility index (Phi) is 4.88. The van der Waals surface area contributed by atoms with Gasteiger partial charge in [0.2, 0.25) is 0 Å². The van der Waals surface area contributed by atoms with Crippen LogP contribution in [0.25, 0.3) is 0 Å². The second-order valence-electron chi connectivity index (χ2n) is 5.12. The zero-order chi connectivity index (χ0) is 14.6. The fourth-order valence-electron chi connectivity index (χ4n) is 1.80. The van der Waals surface area contributed by atoms with Crippen molar-refractivity contribution in [1.29, 1.82) is 0 Å². The molecule has 1 N–H and O–H groups in total. The standard InChI is InChI=1S/C14H21NO4S/c1-18-13-6-3-11(10-15-12-4-5-12)9-14(13)19-7-8-20(2,16)17/h3,6,9,12,15H,4-5,7-8,10H2,1-2H3. The molecule has 0 amide bonds. The Hall–Kier alpha value is -1.27. The third kappa shape index (κ3) is 5.02. The van der Waals surface area contributed by atoms with Gasteiger partial charge in [0.05, 0.1) is 12.9 Å². The smallest absolute Gasteiger partial charge is 0.161 e. The Bertz CT molecular complexity index is 552. The van der Waals surface area contributed by atoms with Gasteiger partial charge in [0, 0.05) is 18.8 Å². The Morgan fingerprint density at radius 1 is 1.30 bits per heavy atom. The minimum absolute atomic E-state index is 0.000700. The number of rotatable bonds is 8. The van der Waals surface area contributed by atoms with Gasteiger partial charge in [0.25, 0.3) is 0 Å². The molecule has 1 aliphatic rings. The van der Waals surface area contributed by atoms with Crippen molar-refractivity contribution >= 4 is 9.84 Å². The van der Waals surface area contributed by atoms with Gasteiger partial charge < -0.3 is 14.8 Å². The fourth-order valence-corrected chi connectivity index (χ4v) is 2.18. The predicted molar refractivity (Wildman–Crippen MR) is 78.1 cm³/mol. The minimum Gasteiger partial charge on any atom is -0.493 e. The van der Waals surface area contributed by atoms with Gasteiger partial charge in [-0.1, -0.05) is 6.07 Å². The summed E-state index contributed by atoms with van der Waals surface area (Å²) in [4.78, 5) is 0. The third-order valence-electron chi connectivity index (χ3n) is 3.11. The van der Waals surface area contributed by atoms with E-state index in [1.54, 1.807) is 7.11 Å². The SMILES string of the molecule is COc1ccc(CNC2CC2)cc1OCCS(C)(=O)=O. The van der Waals surface area contributed by atoms with E-state index in [1.807, 2.05) is 18.2 Å². The first-order valence-electron chi connectivity index (χ1n) is 6.69. The molecule has 1 aliphatic carbocycles. The van der Waals surface area contributed by atoms with Crippen LogP contribution in [-0.4, -0.2) is 40.2 Å². The van der Waals surface area contributed by atoms with E-state index in [-0.39, 0.29) is 12.4 Å². The highest BCUT2D eigenvalue weighted by molar-refractivity contribution is 7.90. The number of sulfone groups is 1. The van der Waals surface area contributed by atoms with E-state index in [1.165, 1.54) is 19.1 Å². The maximum absolute atomic E-state index is 11.1. The lowest BCUT2D eigenvalue weighted by atomic mass is 10.2. The average Bonchev–Trinajstić information content (AvgIpc) is 3.19. The predicted octanol–water partition coefficient (Wildman–Crippen LogP) is 1.37. The zero-order valence-electron chi connectivity index (χ0n) is 11.9. The van der Waals surface area contributed by atoms with E-state index >= 15 is 0 Å². The number of hydrogen-bond donors (Lipinski definition) is 1. The molecule has 0 saturated heterocycles. The van der Waals surface area contributed by atoms with E-state index in [2.05, 4.69) is 5.32 Å². The lowest BCUT2D eigenvalue weighted by molar-refractivity contribution is 0.311. The number of nitrogens with one attached hydrogen (secondary N) is 1.